The number of anilines is 1. The number of aryl methyl sites for hydroxylation is 1. The summed E-state index contributed by atoms with van der Waals surface area (Å²) in [6.45, 7) is 7.68. The first-order valence-electron chi connectivity index (χ1n) is 8.94. The molecule has 136 valence electrons. The number of nitrogens with two attached hydrogens (primary N) is 1. The van der Waals surface area contributed by atoms with Gasteiger partial charge in [0.1, 0.15) is 23.5 Å². The van der Waals surface area contributed by atoms with Crippen molar-refractivity contribution in [2.24, 2.45) is 11.8 Å². The van der Waals surface area contributed by atoms with E-state index in [9.17, 15) is 4.39 Å². The molecule has 1 aliphatic carbocycles. The van der Waals surface area contributed by atoms with Crippen LogP contribution in [0.3, 0.4) is 0 Å². The minimum atomic E-state index is -0.263. The average Bonchev–Trinajstić information content (AvgIpc) is 3.26. The minimum absolute atomic E-state index is 0.201. The molecule has 5 nitrogen and oxygen atoms in total. The predicted octanol–water partition coefficient (Wildman–Crippen LogP) is 4.00. The topological polar surface area (TPSA) is 66.0 Å². The Bertz CT molecular complexity index is 964. The lowest BCUT2D eigenvalue weighted by Crippen LogP contribution is -2.07. The highest BCUT2D eigenvalue weighted by molar-refractivity contribution is 5.86. The third kappa shape index (κ3) is 3.00. The maximum Gasteiger partial charge on any atom is 0.243 e. The summed E-state index contributed by atoms with van der Waals surface area (Å²) >= 11 is 0. The van der Waals surface area contributed by atoms with Crippen LogP contribution in [0.4, 0.5) is 10.3 Å². The van der Waals surface area contributed by atoms with E-state index < -0.39 is 0 Å². The summed E-state index contributed by atoms with van der Waals surface area (Å²) in [5.41, 5.74) is 10.8. The summed E-state index contributed by atoms with van der Waals surface area (Å²) < 4.78 is 21.3. The van der Waals surface area contributed by atoms with Crippen molar-refractivity contribution in [2.75, 3.05) is 5.73 Å². The quantitative estimate of drug-likeness (QED) is 0.752. The highest BCUT2D eigenvalue weighted by Gasteiger charge is 2.34. The number of aromatic nitrogens is 3. The summed E-state index contributed by atoms with van der Waals surface area (Å²) in [5.74, 6) is 1.87. The first-order valence-corrected chi connectivity index (χ1v) is 8.94. The smallest absolute Gasteiger partial charge is 0.243 e. The number of nitrogens with zero attached hydrogens (tertiary/aromatic N) is 3. The van der Waals surface area contributed by atoms with Crippen LogP contribution in [0.5, 0.6) is 5.88 Å². The lowest BCUT2D eigenvalue weighted by atomic mass is 10.2. The zero-order valence-electron chi connectivity index (χ0n) is 15.3. The van der Waals surface area contributed by atoms with Crippen LogP contribution in [-0.2, 0) is 13.2 Å². The molecule has 0 spiro atoms. The van der Waals surface area contributed by atoms with Gasteiger partial charge >= 0.3 is 0 Å². The number of benzene rings is 1. The number of halogens is 1. The van der Waals surface area contributed by atoms with Crippen molar-refractivity contribution in [1.82, 2.24) is 14.5 Å². The van der Waals surface area contributed by atoms with Crippen molar-refractivity contribution < 1.29 is 9.13 Å². The molecule has 2 N–H and O–H groups in total. The van der Waals surface area contributed by atoms with Crippen LogP contribution in [-0.4, -0.2) is 14.5 Å². The van der Waals surface area contributed by atoms with Gasteiger partial charge in [-0.1, -0.05) is 19.1 Å². The van der Waals surface area contributed by atoms with Crippen LogP contribution in [0.1, 0.15) is 30.2 Å². The second kappa shape index (κ2) is 6.27. The molecule has 0 radical (unpaired) electrons. The molecule has 2 aromatic heterocycles. The van der Waals surface area contributed by atoms with Gasteiger partial charge in [-0.2, -0.15) is 4.98 Å². The zero-order valence-corrected chi connectivity index (χ0v) is 15.3. The molecule has 1 fully saturated rings. The van der Waals surface area contributed by atoms with Crippen molar-refractivity contribution in [3.63, 3.8) is 0 Å². The van der Waals surface area contributed by atoms with Gasteiger partial charge in [-0.25, -0.2) is 9.37 Å². The normalized spacial score (nSPS) is 19.1. The van der Waals surface area contributed by atoms with Gasteiger partial charge in [0, 0.05) is 12.2 Å². The molecule has 2 atom stereocenters. The Kier molecular flexibility index (Phi) is 4.05. The SMILES string of the molecule is Cc1c(C)n(CC2CC2C)c2c(OCc3ccc(F)cc3)nc(N)nc12. The molecule has 0 aliphatic heterocycles. The highest BCUT2D eigenvalue weighted by atomic mass is 19.1. The number of nitrogen functional groups attached to an aromatic ring is 1. The Balaban J connectivity index is 1.72. The van der Waals surface area contributed by atoms with E-state index in [2.05, 4.69) is 35.3 Å². The summed E-state index contributed by atoms with van der Waals surface area (Å²) in [6.07, 6.45) is 1.25. The van der Waals surface area contributed by atoms with Crippen LogP contribution >= 0.6 is 0 Å². The molecule has 1 saturated carbocycles. The molecule has 0 saturated heterocycles. The molecule has 1 aromatic carbocycles. The maximum absolute atomic E-state index is 13.1. The van der Waals surface area contributed by atoms with Crippen LogP contribution in [0.25, 0.3) is 11.0 Å². The van der Waals surface area contributed by atoms with E-state index in [1.807, 2.05) is 0 Å². The van der Waals surface area contributed by atoms with Crippen LogP contribution < -0.4 is 10.5 Å². The molecule has 4 rings (SSSR count). The van der Waals surface area contributed by atoms with Crippen molar-refractivity contribution >= 4 is 17.0 Å². The average molecular weight is 354 g/mol. The maximum atomic E-state index is 13.1. The van der Waals surface area contributed by atoms with Gasteiger partial charge in [0.15, 0.2) is 0 Å². The fraction of sp³-hybridized carbons (Fsp3) is 0.400. The number of hydrogen-bond donors (Lipinski definition) is 1. The lowest BCUT2D eigenvalue weighted by molar-refractivity contribution is 0.296. The van der Waals surface area contributed by atoms with Gasteiger partial charge in [-0.15, -0.1) is 0 Å². The van der Waals surface area contributed by atoms with Crippen molar-refractivity contribution in [2.45, 2.75) is 40.3 Å². The summed E-state index contributed by atoms with van der Waals surface area (Å²) in [6, 6.07) is 6.26. The highest BCUT2D eigenvalue weighted by Crippen LogP contribution is 2.41. The van der Waals surface area contributed by atoms with Crippen LogP contribution in [0.15, 0.2) is 24.3 Å². The summed E-state index contributed by atoms with van der Waals surface area (Å²) in [4.78, 5) is 8.79. The van der Waals surface area contributed by atoms with E-state index in [0.717, 1.165) is 34.6 Å². The lowest BCUT2D eigenvalue weighted by Gasteiger charge is -2.12. The molecule has 1 aliphatic rings. The Morgan fingerprint density at radius 3 is 2.58 bits per heavy atom. The molecular formula is C20H23FN4O. The second-order valence-corrected chi connectivity index (χ2v) is 7.29. The monoisotopic (exact) mass is 354 g/mol. The molecule has 0 bridgehead atoms. The van der Waals surface area contributed by atoms with E-state index in [1.54, 1.807) is 12.1 Å². The Labute approximate surface area is 152 Å². The van der Waals surface area contributed by atoms with Gasteiger partial charge in [0.25, 0.3) is 0 Å². The molecule has 0 amide bonds. The molecular weight excluding hydrogens is 331 g/mol. The molecule has 6 heteroatoms. The second-order valence-electron chi connectivity index (χ2n) is 7.29. The molecule has 26 heavy (non-hydrogen) atoms. The number of hydrogen-bond acceptors (Lipinski definition) is 4. The molecule has 2 unspecified atom stereocenters. The minimum Gasteiger partial charge on any atom is -0.471 e. The van der Waals surface area contributed by atoms with Gasteiger partial charge in [0.05, 0.1) is 0 Å². The van der Waals surface area contributed by atoms with E-state index >= 15 is 0 Å². The van der Waals surface area contributed by atoms with Gasteiger partial charge < -0.3 is 15.0 Å². The first-order chi connectivity index (χ1) is 12.4. The first kappa shape index (κ1) is 16.8. The Morgan fingerprint density at radius 1 is 1.23 bits per heavy atom. The Morgan fingerprint density at radius 2 is 1.92 bits per heavy atom. The molecule has 3 aromatic rings. The standard InChI is InChI=1S/C20H23FN4O/c1-11-8-15(11)9-25-13(3)12(2)17-18(25)19(24-20(22)23-17)26-10-14-4-6-16(21)7-5-14/h4-7,11,15H,8-10H2,1-3H3,(H2,22,23,24). The predicted molar refractivity (Wildman–Crippen MR) is 99.4 cm³/mol. The van der Waals surface area contributed by atoms with E-state index in [-0.39, 0.29) is 11.8 Å². The largest absolute Gasteiger partial charge is 0.471 e. The van der Waals surface area contributed by atoms with E-state index in [4.69, 9.17) is 10.5 Å². The van der Waals surface area contributed by atoms with Crippen LogP contribution in [0.2, 0.25) is 0 Å². The van der Waals surface area contributed by atoms with Gasteiger partial charge in [-0.05, 0) is 55.4 Å². The van der Waals surface area contributed by atoms with Crippen molar-refractivity contribution in [3.8, 4) is 5.88 Å². The third-order valence-electron chi connectivity index (χ3n) is 5.42. The van der Waals surface area contributed by atoms with E-state index in [1.165, 1.54) is 24.2 Å². The van der Waals surface area contributed by atoms with Crippen LogP contribution in [0, 0.1) is 31.5 Å². The number of rotatable bonds is 5. The van der Waals surface area contributed by atoms with Gasteiger partial charge in [0.2, 0.25) is 11.8 Å². The number of ether oxygens (including phenoxy) is 1. The number of fused-ring (bicyclic) bond motifs is 1. The Hall–Kier alpha value is -2.63. The fourth-order valence-electron chi connectivity index (χ4n) is 3.45. The zero-order chi connectivity index (χ0) is 18.4. The van der Waals surface area contributed by atoms with E-state index in [0.29, 0.717) is 18.4 Å². The van der Waals surface area contributed by atoms with Gasteiger partial charge in [-0.3, -0.25) is 0 Å². The fourth-order valence-corrected chi connectivity index (χ4v) is 3.45. The van der Waals surface area contributed by atoms with Crippen molar-refractivity contribution in [1.29, 1.82) is 0 Å². The van der Waals surface area contributed by atoms with Crippen molar-refractivity contribution in [3.05, 3.63) is 46.9 Å². The summed E-state index contributed by atoms with van der Waals surface area (Å²) in [5, 5.41) is 0. The third-order valence-corrected chi connectivity index (χ3v) is 5.42. The molecule has 2 heterocycles. The summed E-state index contributed by atoms with van der Waals surface area (Å²) in [7, 11) is 0.